The molecular weight excluding hydrogens is 384 g/mol. The van der Waals surface area contributed by atoms with Crippen LogP contribution in [0.1, 0.15) is 11.1 Å². The van der Waals surface area contributed by atoms with Crippen LogP contribution in [0, 0.1) is 13.8 Å². The van der Waals surface area contributed by atoms with Crippen molar-refractivity contribution in [2.24, 2.45) is 0 Å². The normalized spacial score (nSPS) is 15.4. The van der Waals surface area contributed by atoms with E-state index in [-0.39, 0.29) is 0 Å². The zero-order chi connectivity index (χ0) is 20.4. The van der Waals surface area contributed by atoms with E-state index in [0.29, 0.717) is 31.1 Å². The third kappa shape index (κ3) is 4.02. The molecule has 2 heterocycles. The molecule has 6 nitrogen and oxygen atoms in total. The maximum absolute atomic E-state index is 12.8. The molecule has 1 fully saturated rings. The van der Waals surface area contributed by atoms with E-state index in [1.165, 1.54) is 15.4 Å². The molecule has 0 N–H and O–H groups in total. The topological polar surface area (TPSA) is 66.4 Å². The lowest BCUT2D eigenvalue weighted by Gasteiger charge is -2.34. The Balaban J connectivity index is 1.44. The van der Waals surface area contributed by atoms with E-state index >= 15 is 0 Å². The third-order valence-electron chi connectivity index (χ3n) is 5.40. The number of hydrogen-bond donors (Lipinski definition) is 0. The summed E-state index contributed by atoms with van der Waals surface area (Å²) in [6, 6.07) is 18.8. The zero-order valence-corrected chi connectivity index (χ0v) is 17.4. The van der Waals surface area contributed by atoms with Gasteiger partial charge in [-0.1, -0.05) is 30.3 Å². The van der Waals surface area contributed by atoms with E-state index in [4.69, 9.17) is 0 Å². The lowest BCUT2D eigenvalue weighted by Crippen LogP contribution is -2.48. The summed E-state index contributed by atoms with van der Waals surface area (Å²) in [7, 11) is -3.45. The monoisotopic (exact) mass is 408 g/mol. The van der Waals surface area contributed by atoms with Gasteiger partial charge in [-0.05, 0) is 55.3 Å². The smallest absolute Gasteiger partial charge is 0.243 e. The van der Waals surface area contributed by atoms with Gasteiger partial charge in [-0.2, -0.15) is 4.31 Å². The van der Waals surface area contributed by atoms with Crippen LogP contribution in [0.4, 0.5) is 5.82 Å². The largest absolute Gasteiger partial charge is 0.352 e. The summed E-state index contributed by atoms with van der Waals surface area (Å²) in [5, 5.41) is 8.77. The number of sulfonamides is 1. The Morgan fingerprint density at radius 1 is 0.793 bits per heavy atom. The molecule has 150 valence electrons. The summed E-state index contributed by atoms with van der Waals surface area (Å²) in [6.07, 6.45) is 0. The molecule has 0 saturated carbocycles. The molecule has 7 heteroatoms. The number of aromatic nitrogens is 2. The lowest BCUT2D eigenvalue weighted by atomic mass is 10.0. The van der Waals surface area contributed by atoms with Gasteiger partial charge in [0, 0.05) is 31.7 Å². The van der Waals surface area contributed by atoms with Crippen LogP contribution in [0.25, 0.3) is 11.3 Å². The van der Waals surface area contributed by atoms with E-state index in [9.17, 15) is 8.42 Å². The quantitative estimate of drug-likeness (QED) is 0.663. The van der Waals surface area contributed by atoms with Crippen molar-refractivity contribution >= 4 is 15.8 Å². The van der Waals surface area contributed by atoms with Crippen molar-refractivity contribution in [2.45, 2.75) is 18.7 Å². The summed E-state index contributed by atoms with van der Waals surface area (Å²) >= 11 is 0. The van der Waals surface area contributed by atoms with Gasteiger partial charge in [0.2, 0.25) is 10.0 Å². The van der Waals surface area contributed by atoms with Gasteiger partial charge in [0.25, 0.3) is 0 Å². The molecule has 1 aromatic heterocycles. The minimum Gasteiger partial charge on any atom is -0.352 e. The average Bonchev–Trinajstić information content (AvgIpc) is 2.76. The Bertz CT molecular complexity index is 1090. The predicted octanol–water partition coefficient (Wildman–Crippen LogP) is 3.27. The Hall–Kier alpha value is -2.77. The lowest BCUT2D eigenvalue weighted by molar-refractivity contribution is 0.383. The minimum atomic E-state index is -3.45. The van der Waals surface area contributed by atoms with Gasteiger partial charge < -0.3 is 4.90 Å². The molecule has 0 spiro atoms. The number of anilines is 1. The maximum Gasteiger partial charge on any atom is 0.243 e. The fourth-order valence-corrected chi connectivity index (χ4v) is 4.89. The highest BCUT2D eigenvalue weighted by Gasteiger charge is 2.28. The third-order valence-corrected chi connectivity index (χ3v) is 7.31. The first-order valence-corrected chi connectivity index (χ1v) is 11.1. The average molecular weight is 409 g/mol. The Morgan fingerprint density at radius 2 is 1.52 bits per heavy atom. The van der Waals surface area contributed by atoms with E-state index in [1.807, 2.05) is 18.2 Å². The first-order chi connectivity index (χ1) is 13.9. The van der Waals surface area contributed by atoms with Crippen molar-refractivity contribution in [1.82, 2.24) is 14.5 Å². The molecule has 2 aromatic carbocycles. The number of aryl methyl sites for hydroxylation is 2. The molecule has 3 aromatic rings. The summed E-state index contributed by atoms with van der Waals surface area (Å²) in [4.78, 5) is 2.42. The van der Waals surface area contributed by atoms with Crippen molar-refractivity contribution in [2.75, 3.05) is 31.1 Å². The van der Waals surface area contributed by atoms with E-state index < -0.39 is 10.0 Å². The summed E-state index contributed by atoms with van der Waals surface area (Å²) in [5.41, 5.74) is 4.36. The van der Waals surface area contributed by atoms with Crippen LogP contribution in [-0.2, 0) is 10.0 Å². The van der Waals surface area contributed by atoms with Gasteiger partial charge in [0.05, 0.1) is 10.6 Å². The molecule has 1 saturated heterocycles. The molecule has 1 aliphatic heterocycles. The van der Waals surface area contributed by atoms with Crippen LogP contribution in [0.2, 0.25) is 0 Å². The molecule has 4 rings (SSSR count). The minimum absolute atomic E-state index is 0.339. The van der Waals surface area contributed by atoms with Gasteiger partial charge in [-0.25, -0.2) is 8.42 Å². The molecule has 0 bridgehead atoms. The summed E-state index contributed by atoms with van der Waals surface area (Å²) < 4.78 is 27.1. The van der Waals surface area contributed by atoms with Gasteiger partial charge in [-0.3, -0.25) is 0 Å². The van der Waals surface area contributed by atoms with Crippen LogP contribution in [0.5, 0.6) is 0 Å². The van der Waals surface area contributed by atoms with Gasteiger partial charge in [-0.15, -0.1) is 10.2 Å². The van der Waals surface area contributed by atoms with Crippen LogP contribution in [0.3, 0.4) is 0 Å². The van der Waals surface area contributed by atoms with E-state index in [0.717, 1.165) is 17.1 Å². The predicted molar refractivity (Wildman–Crippen MR) is 114 cm³/mol. The molecule has 0 amide bonds. The Kier molecular flexibility index (Phi) is 5.34. The highest BCUT2D eigenvalue weighted by molar-refractivity contribution is 7.89. The standard InChI is InChI=1S/C22H24N4O2S/c1-17-8-9-19(16-18(17)2)21-10-11-22(24-23-21)25-12-14-26(15-13-25)29(27,28)20-6-4-3-5-7-20/h3-11,16H,12-15H2,1-2H3. The molecular formula is C22H24N4O2S. The summed E-state index contributed by atoms with van der Waals surface area (Å²) in [5.74, 6) is 0.773. The number of benzene rings is 2. The number of rotatable bonds is 4. The van der Waals surface area contributed by atoms with Crippen molar-refractivity contribution in [3.63, 3.8) is 0 Å². The van der Waals surface area contributed by atoms with Crippen LogP contribution in [0.15, 0.2) is 65.6 Å². The summed E-state index contributed by atoms with van der Waals surface area (Å²) in [6.45, 7) is 6.21. The van der Waals surface area contributed by atoms with Crippen molar-refractivity contribution in [3.05, 3.63) is 71.8 Å². The molecule has 0 atom stereocenters. The molecule has 0 aliphatic carbocycles. The molecule has 29 heavy (non-hydrogen) atoms. The van der Waals surface area contributed by atoms with Crippen molar-refractivity contribution < 1.29 is 8.42 Å². The van der Waals surface area contributed by atoms with Crippen molar-refractivity contribution in [3.8, 4) is 11.3 Å². The van der Waals surface area contributed by atoms with Crippen LogP contribution >= 0.6 is 0 Å². The fourth-order valence-electron chi connectivity index (χ4n) is 3.45. The second-order valence-corrected chi connectivity index (χ2v) is 9.22. The number of nitrogens with zero attached hydrogens (tertiary/aromatic N) is 4. The van der Waals surface area contributed by atoms with Gasteiger partial charge >= 0.3 is 0 Å². The molecule has 0 unspecified atom stereocenters. The SMILES string of the molecule is Cc1ccc(-c2ccc(N3CCN(S(=O)(=O)c4ccccc4)CC3)nn2)cc1C. The zero-order valence-electron chi connectivity index (χ0n) is 16.6. The van der Waals surface area contributed by atoms with E-state index in [2.05, 4.69) is 47.1 Å². The number of hydrogen-bond acceptors (Lipinski definition) is 5. The second kappa shape index (κ2) is 7.93. The van der Waals surface area contributed by atoms with Crippen molar-refractivity contribution in [1.29, 1.82) is 0 Å². The highest BCUT2D eigenvalue weighted by atomic mass is 32.2. The maximum atomic E-state index is 12.8. The Labute approximate surface area is 171 Å². The number of piperazine rings is 1. The van der Waals surface area contributed by atoms with Crippen LogP contribution < -0.4 is 4.90 Å². The van der Waals surface area contributed by atoms with Gasteiger partial charge in [0.15, 0.2) is 5.82 Å². The highest BCUT2D eigenvalue weighted by Crippen LogP contribution is 2.23. The van der Waals surface area contributed by atoms with E-state index in [1.54, 1.807) is 24.3 Å². The second-order valence-electron chi connectivity index (χ2n) is 7.28. The first-order valence-electron chi connectivity index (χ1n) is 9.67. The first kappa shape index (κ1) is 19.5. The fraction of sp³-hybridized carbons (Fsp3) is 0.273. The molecule has 0 radical (unpaired) electrons. The molecule has 1 aliphatic rings. The van der Waals surface area contributed by atoms with Crippen LogP contribution in [-0.4, -0.2) is 49.1 Å². The van der Waals surface area contributed by atoms with Gasteiger partial charge in [0.1, 0.15) is 0 Å². The Morgan fingerprint density at radius 3 is 2.14 bits per heavy atom.